The van der Waals surface area contributed by atoms with Crippen LogP contribution in [0.3, 0.4) is 0 Å². The number of piperidine rings is 1. The number of aromatic amines is 1. The number of carbonyl (C=O) groups is 1. The van der Waals surface area contributed by atoms with Crippen molar-refractivity contribution in [1.29, 1.82) is 5.26 Å². The van der Waals surface area contributed by atoms with Crippen LogP contribution < -0.4 is 15.6 Å². The highest BCUT2D eigenvalue weighted by Gasteiger charge is 2.31. The molecule has 0 unspecified atom stereocenters. The molecule has 2 aliphatic rings. The van der Waals surface area contributed by atoms with Crippen LogP contribution in [0.5, 0.6) is 0 Å². The molecular formula is C18H25N4OS+. The minimum Gasteiger partial charge on any atom is -0.369 e. The summed E-state index contributed by atoms with van der Waals surface area (Å²) in [6.45, 7) is 4.41. The topological polar surface area (TPSA) is 84.3 Å². The summed E-state index contributed by atoms with van der Waals surface area (Å²) in [5.41, 5.74) is 8.51. The lowest BCUT2D eigenvalue weighted by Crippen LogP contribution is -2.39. The van der Waals surface area contributed by atoms with Crippen LogP contribution in [0.4, 0.5) is 5.82 Å². The molecule has 0 radical (unpaired) electrons. The molecule has 0 aromatic carbocycles. The number of nitrogens with two attached hydrogens (primary N) is 1. The molecular weight excluding hydrogens is 320 g/mol. The Hall–Kier alpha value is -1.74. The van der Waals surface area contributed by atoms with Crippen molar-refractivity contribution in [2.75, 3.05) is 23.7 Å². The molecule has 1 amide bonds. The Bertz CT molecular complexity index is 675. The Kier molecular flexibility index (Phi) is 5.30. The fraction of sp³-hybridized carbons (Fsp3) is 0.611. The maximum atomic E-state index is 11.2. The number of aromatic nitrogens is 1. The van der Waals surface area contributed by atoms with Gasteiger partial charge in [0, 0.05) is 5.56 Å². The van der Waals surface area contributed by atoms with Gasteiger partial charge in [-0.05, 0) is 50.0 Å². The van der Waals surface area contributed by atoms with Crippen molar-refractivity contribution >= 4 is 23.5 Å². The lowest BCUT2D eigenvalue weighted by molar-refractivity contribution is -0.414. The highest BCUT2D eigenvalue weighted by atomic mass is 32.2. The Morgan fingerprint density at radius 1 is 1.33 bits per heavy atom. The van der Waals surface area contributed by atoms with E-state index in [1.54, 1.807) is 0 Å². The SMILES string of the molecule is CC1CCN(c2[nH+]c(SCC(N)=O)c(C#N)c3c2CCCC3)CC1. The molecule has 128 valence electrons. The smallest absolute Gasteiger partial charge is 0.278 e. The number of rotatable bonds is 4. The largest absolute Gasteiger partial charge is 0.369 e. The van der Waals surface area contributed by atoms with Crippen molar-refractivity contribution in [2.45, 2.75) is 50.5 Å². The highest BCUT2D eigenvalue weighted by Crippen LogP contribution is 2.34. The first-order chi connectivity index (χ1) is 11.6. The van der Waals surface area contributed by atoms with Gasteiger partial charge in [-0.2, -0.15) is 5.26 Å². The molecule has 1 saturated heterocycles. The van der Waals surface area contributed by atoms with Crippen LogP contribution in [0.25, 0.3) is 0 Å². The fourth-order valence-corrected chi connectivity index (χ4v) is 4.47. The summed E-state index contributed by atoms with van der Waals surface area (Å²) in [6, 6.07) is 2.36. The van der Waals surface area contributed by atoms with E-state index in [1.807, 2.05) is 0 Å². The van der Waals surface area contributed by atoms with Crippen LogP contribution in [-0.2, 0) is 17.6 Å². The lowest BCUT2D eigenvalue weighted by Gasteiger charge is -2.29. The predicted molar refractivity (Wildman–Crippen MR) is 94.9 cm³/mol. The summed E-state index contributed by atoms with van der Waals surface area (Å²) >= 11 is 1.35. The van der Waals surface area contributed by atoms with E-state index >= 15 is 0 Å². The molecule has 1 aromatic rings. The van der Waals surface area contributed by atoms with E-state index in [4.69, 9.17) is 5.73 Å². The monoisotopic (exact) mass is 345 g/mol. The number of H-pyrrole nitrogens is 1. The molecule has 6 heteroatoms. The first-order valence-corrected chi connectivity index (χ1v) is 9.76. The summed E-state index contributed by atoms with van der Waals surface area (Å²) in [6.07, 6.45) is 6.69. The van der Waals surface area contributed by atoms with Gasteiger partial charge < -0.3 is 5.73 Å². The van der Waals surface area contributed by atoms with Crippen LogP contribution in [-0.4, -0.2) is 24.7 Å². The van der Waals surface area contributed by atoms with E-state index in [0.29, 0.717) is 5.56 Å². The summed E-state index contributed by atoms with van der Waals surface area (Å²) in [5.74, 6) is 1.78. The van der Waals surface area contributed by atoms with Gasteiger partial charge in [0.1, 0.15) is 11.6 Å². The van der Waals surface area contributed by atoms with Gasteiger partial charge in [-0.25, -0.2) is 4.98 Å². The van der Waals surface area contributed by atoms with Crippen LogP contribution in [0, 0.1) is 17.2 Å². The Labute approximate surface area is 147 Å². The standard InChI is InChI=1S/C18H24N4OS/c1-12-6-8-22(9-7-12)17-14-5-3-2-4-13(14)15(10-19)18(21-17)24-11-16(20)23/h12H,2-9,11H2,1H3,(H2,20,23)/p+1. The molecule has 1 aliphatic carbocycles. The minimum absolute atomic E-state index is 0.195. The first-order valence-electron chi connectivity index (χ1n) is 8.77. The van der Waals surface area contributed by atoms with Crippen molar-refractivity contribution in [1.82, 2.24) is 0 Å². The molecule has 0 atom stereocenters. The first kappa shape index (κ1) is 17.1. The predicted octanol–water partition coefficient (Wildman–Crippen LogP) is 2.06. The van der Waals surface area contributed by atoms with Crippen LogP contribution in [0.1, 0.15) is 49.3 Å². The van der Waals surface area contributed by atoms with Gasteiger partial charge in [-0.3, -0.25) is 9.69 Å². The third kappa shape index (κ3) is 3.51. The third-order valence-electron chi connectivity index (χ3n) is 5.08. The quantitative estimate of drug-likeness (QED) is 0.847. The van der Waals surface area contributed by atoms with Crippen molar-refractivity contribution in [2.24, 2.45) is 11.7 Å². The second-order valence-electron chi connectivity index (χ2n) is 6.88. The maximum Gasteiger partial charge on any atom is 0.278 e. The number of primary amides is 1. The van der Waals surface area contributed by atoms with E-state index in [9.17, 15) is 10.1 Å². The average Bonchev–Trinajstić information content (AvgIpc) is 2.59. The van der Waals surface area contributed by atoms with Crippen LogP contribution in [0.2, 0.25) is 0 Å². The normalized spacial score (nSPS) is 18.1. The number of amides is 1. The number of nitriles is 1. The van der Waals surface area contributed by atoms with Gasteiger partial charge in [-0.15, -0.1) is 0 Å². The zero-order valence-electron chi connectivity index (χ0n) is 14.2. The van der Waals surface area contributed by atoms with E-state index < -0.39 is 0 Å². The van der Waals surface area contributed by atoms with Crippen LogP contribution in [0.15, 0.2) is 5.03 Å². The lowest BCUT2D eigenvalue weighted by atomic mass is 9.88. The fourth-order valence-electron chi connectivity index (χ4n) is 3.70. The zero-order valence-corrected chi connectivity index (χ0v) is 15.0. The molecule has 5 nitrogen and oxygen atoms in total. The summed E-state index contributed by atoms with van der Waals surface area (Å²) in [5, 5.41) is 10.5. The number of pyridine rings is 1. The number of carbonyl (C=O) groups excluding carboxylic acids is 1. The molecule has 0 bridgehead atoms. The zero-order chi connectivity index (χ0) is 17.1. The number of nitrogens with one attached hydrogen (secondary N) is 1. The van der Waals surface area contributed by atoms with E-state index in [-0.39, 0.29) is 11.7 Å². The van der Waals surface area contributed by atoms with Crippen molar-refractivity contribution in [3.05, 3.63) is 16.7 Å². The Morgan fingerprint density at radius 2 is 2.00 bits per heavy atom. The molecule has 0 saturated carbocycles. The average molecular weight is 345 g/mol. The molecule has 3 rings (SSSR count). The Morgan fingerprint density at radius 3 is 2.62 bits per heavy atom. The van der Waals surface area contributed by atoms with Crippen molar-refractivity contribution in [3.8, 4) is 6.07 Å². The summed E-state index contributed by atoms with van der Waals surface area (Å²) in [7, 11) is 0. The van der Waals surface area contributed by atoms with Gasteiger partial charge in [0.15, 0.2) is 5.03 Å². The molecule has 2 heterocycles. The molecule has 1 aliphatic heterocycles. The van der Waals surface area contributed by atoms with Crippen molar-refractivity contribution < 1.29 is 9.78 Å². The van der Waals surface area contributed by atoms with Gasteiger partial charge in [0.25, 0.3) is 5.82 Å². The van der Waals surface area contributed by atoms with Crippen LogP contribution >= 0.6 is 11.8 Å². The third-order valence-corrected chi connectivity index (χ3v) is 6.11. The maximum absolute atomic E-state index is 11.2. The number of anilines is 1. The molecule has 1 fully saturated rings. The second-order valence-corrected chi connectivity index (χ2v) is 7.86. The number of hydrogen-bond acceptors (Lipinski definition) is 4. The number of nitrogens with zero attached hydrogens (tertiary/aromatic N) is 2. The van der Waals surface area contributed by atoms with Gasteiger partial charge >= 0.3 is 0 Å². The van der Waals surface area contributed by atoms with E-state index in [1.165, 1.54) is 48.0 Å². The summed E-state index contributed by atoms with van der Waals surface area (Å²) in [4.78, 5) is 17.1. The second kappa shape index (κ2) is 7.43. The highest BCUT2D eigenvalue weighted by molar-refractivity contribution is 7.99. The molecule has 24 heavy (non-hydrogen) atoms. The molecule has 1 aromatic heterocycles. The minimum atomic E-state index is -0.358. The number of hydrogen-bond donors (Lipinski definition) is 1. The molecule has 3 N–H and O–H groups in total. The van der Waals surface area contributed by atoms with Gasteiger partial charge in [0.2, 0.25) is 5.91 Å². The van der Waals surface area contributed by atoms with E-state index in [0.717, 1.165) is 43.3 Å². The number of thioether (sulfide) groups is 1. The van der Waals surface area contributed by atoms with Crippen molar-refractivity contribution in [3.63, 3.8) is 0 Å². The van der Waals surface area contributed by atoms with Gasteiger partial charge in [0.05, 0.1) is 18.8 Å². The van der Waals surface area contributed by atoms with E-state index in [2.05, 4.69) is 22.9 Å². The van der Waals surface area contributed by atoms with Gasteiger partial charge in [-0.1, -0.05) is 18.7 Å². The summed E-state index contributed by atoms with van der Waals surface area (Å²) < 4.78 is 0. The number of fused-ring (bicyclic) bond motifs is 1. The molecule has 0 spiro atoms. The Balaban J connectivity index is 2.02.